The Morgan fingerprint density at radius 1 is 1.22 bits per heavy atom. The van der Waals surface area contributed by atoms with Crippen LogP contribution in [0.3, 0.4) is 0 Å². The van der Waals surface area contributed by atoms with E-state index < -0.39 is 5.91 Å². The molecule has 0 atom stereocenters. The van der Waals surface area contributed by atoms with Gasteiger partial charge in [-0.25, -0.2) is 10.2 Å². The number of methoxy groups -OCH3 is 1. The van der Waals surface area contributed by atoms with Gasteiger partial charge in [-0.15, -0.1) is 0 Å². The molecule has 0 unspecified atom stereocenters. The van der Waals surface area contributed by atoms with Crippen molar-refractivity contribution in [2.45, 2.75) is 6.61 Å². The summed E-state index contributed by atoms with van der Waals surface area (Å²) in [5, 5.41) is 0. The Labute approximate surface area is 133 Å². The lowest BCUT2D eigenvalue weighted by atomic mass is 10.2. The summed E-state index contributed by atoms with van der Waals surface area (Å²) in [6.07, 6.45) is 2.91. The molecule has 0 saturated carbocycles. The molecular formula is C17H17FN2O3. The molecule has 6 heteroatoms. The maximum absolute atomic E-state index is 12.9. The number of ether oxygens (including phenoxy) is 2. The monoisotopic (exact) mass is 316 g/mol. The standard InChI is InChI=1S/C17H17FN2O3/c1-22-15-8-4-12(5-9-17(21)20-19)10-16(15)23-11-13-2-6-14(18)7-3-13/h2-10H,11,19H2,1H3,(H,20,21)/b9-5+. The molecule has 0 fully saturated rings. The zero-order chi connectivity index (χ0) is 16.7. The Morgan fingerprint density at radius 3 is 2.61 bits per heavy atom. The number of rotatable bonds is 6. The lowest BCUT2D eigenvalue weighted by Crippen LogP contribution is -2.27. The van der Waals surface area contributed by atoms with Crippen LogP contribution in [0, 0.1) is 5.82 Å². The summed E-state index contributed by atoms with van der Waals surface area (Å²) in [6, 6.07) is 11.3. The van der Waals surface area contributed by atoms with Gasteiger partial charge < -0.3 is 9.47 Å². The van der Waals surface area contributed by atoms with Crippen molar-refractivity contribution in [3.8, 4) is 11.5 Å². The highest BCUT2D eigenvalue weighted by Gasteiger charge is 2.06. The fourth-order valence-electron chi connectivity index (χ4n) is 1.87. The molecule has 120 valence electrons. The van der Waals surface area contributed by atoms with Gasteiger partial charge in [0.05, 0.1) is 7.11 Å². The number of amides is 1. The third-order valence-electron chi connectivity index (χ3n) is 3.06. The first-order valence-corrected chi connectivity index (χ1v) is 6.86. The van der Waals surface area contributed by atoms with Gasteiger partial charge in [0.15, 0.2) is 11.5 Å². The minimum Gasteiger partial charge on any atom is -0.493 e. The van der Waals surface area contributed by atoms with Crippen LogP contribution in [-0.2, 0) is 11.4 Å². The molecule has 0 spiro atoms. The van der Waals surface area contributed by atoms with E-state index in [1.165, 1.54) is 25.3 Å². The number of hydrogen-bond donors (Lipinski definition) is 2. The van der Waals surface area contributed by atoms with Gasteiger partial charge in [-0.3, -0.25) is 10.2 Å². The van der Waals surface area contributed by atoms with Gasteiger partial charge in [-0.1, -0.05) is 18.2 Å². The van der Waals surface area contributed by atoms with Crippen molar-refractivity contribution < 1.29 is 18.7 Å². The van der Waals surface area contributed by atoms with Crippen molar-refractivity contribution in [3.05, 3.63) is 65.5 Å². The largest absolute Gasteiger partial charge is 0.493 e. The number of nitrogens with one attached hydrogen (secondary N) is 1. The second-order valence-electron chi connectivity index (χ2n) is 4.67. The van der Waals surface area contributed by atoms with Crippen molar-refractivity contribution in [1.29, 1.82) is 0 Å². The summed E-state index contributed by atoms with van der Waals surface area (Å²) in [5.74, 6) is 5.39. The molecule has 0 aromatic heterocycles. The lowest BCUT2D eigenvalue weighted by molar-refractivity contribution is -0.116. The highest BCUT2D eigenvalue weighted by Crippen LogP contribution is 2.29. The topological polar surface area (TPSA) is 73.6 Å². The number of carbonyl (C=O) groups excluding carboxylic acids is 1. The normalized spacial score (nSPS) is 10.6. The number of carbonyl (C=O) groups is 1. The van der Waals surface area contributed by atoms with Gasteiger partial charge >= 0.3 is 0 Å². The zero-order valence-corrected chi connectivity index (χ0v) is 12.6. The van der Waals surface area contributed by atoms with E-state index in [1.54, 1.807) is 36.4 Å². The van der Waals surface area contributed by atoms with Crippen molar-refractivity contribution in [3.63, 3.8) is 0 Å². The van der Waals surface area contributed by atoms with Crippen LogP contribution in [0.1, 0.15) is 11.1 Å². The molecule has 0 heterocycles. The number of halogens is 1. The maximum atomic E-state index is 12.9. The van der Waals surface area contributed by atoms with E-state index in [0.29, 0.717) is 11.5 Å². The van der Waals surface area contributed by atoms with Crippen LogP contribution >= 0.6 is 0 Å². The second kappa shape index (κ2) is 7.95. The summed E-state index contributed by atoms with van der Waals surface area (Å²) in [6.45, 7) is 0.271. The summed E-state index contributed by atoms with van der Waals surface area (Å²) in [5.41, 5.74) is 3.59. The molecule has 5 nitrogen and oxygen atoms in total. The molecule has 2 aromatic rings. The van der Waals surface area contributed by atoms with Crippen LogP contribution in [0.5, 0.6) is 11.5 Å². The van der Waals surface area contributed by atoms with E-state index in [0.717, 1.165) is 11.1 Å². The summed E-state index contributed by atoms with van der Waals surface area (Å²) >= 11 is 0. The van der Waals surface area contributed by atoms with E-state index >= 15 is 0 Å². The van der Waals surface area contributed by atoms with Gasteiger partial charge in [0.25, 0.3) is 5.91 Å². The quantitative estimate of drug-likeness (QED) is 0.371. The molecule has 23 heavy (non-hydrogen) atoms. The Bertz CT molecular complexity index is 699. The molecule has 0 aliphatic rings. The second-order valence-corrected chi connectivity index (χ2v) is 4.67. The Hall–Kier alpha value is -2.86. The van der Waals surface area contributed by atoms with E-state index in [-0.39, 0.29) is 12.4 Å². The molecule has 0 aliphatic carbocycles. The van der Waals surface area contributed by atoms with Crippen LogP contribution in [-0.4, -0.2) is 13.0 Å². The summed E-state index contributed by atoms with van der Waals surface area (Å²) < 4.78 is 23.9. The lowest BCUT2D eigenvalue weighted by Gasteiger charge is -2.11. The molecule has 0 aliphatic heterocycles. The van der Waals surface area contributed by atoms with E-state index in [4.69, 9.17) is 15.3 Å². The first-order chi connectivity index (χ1) is 11.1. The average molecular weight is 316 g/mol. The molecule has 2 rings (SSSR count). The number of benzene rings is 2. The molecule has 1 amide bonds. The minimum atomic E-state index is -0.408. The van der Waals surface area contributed by atoms with Crippen LogP contribution in [0.15, 0.2) is 48.5 Å². The number of hydrogen-bond acceptors (Lipinski definition) is 4. The third-order valence-corrected chi connectivity index (χ3v) is 3.06. The fourth-order valence-corrected chi connectivity index (χ4v) is 1.87. The zero-order valence-electron chi connectivity index (χ0n) is 12.6. The van der Waals surface area contributed by atoms with Gasteiger partial charge in [0.2, 0.25) is 0 Å². The predicted molar refractivity (Wildman–Crippen MR) is 85.1 cm³/mol. The van der Waals surface area contributed by atoms with Crippen LogP contribution in [0.25, 0.3) is 6.08 Å². The molecular weight excluding hydrogens is 299 g/mol. The van der Waals surface area contributed by atoms with Crippen LogP contribution in [0.2, 0.25) is 0 Å². The van der Waals surface area contributed by atoms with Crippen molar-refractivity contribution >= 4 is 12.0 Å². The van der Waals surface area contributed by atoms with Crippen molar-refractivity contribution in [2.24, 2.45) is 5.84 Å². The van der Waals surface area contributed by atoms with Crippen LogP contribution < -0.4 is 20.7 Å². The Balaban J connectivity index is 2.13. The molecule has 2 aromatic carbocycles. The number of hydrazine groups is 1. The van der Waals surface area contributed by atoms with Gasteiger partial charge in [-0.2, -0.15) is 0 Å². The average Bonchev–Trinajstić information content (AvgIpc) is 2.59. The van der Waals surface area contributed by atoms with E-state index in [2.05, 4.69) is 0 Å². The first kappa shape index (κ1) is 16.5. The highest BCUT2D eigenvalue weighted by atomic mass is 19.1. The highest BCUT2D eigenvalue weighted by molar-refractivity contribution is 5.91. The first-order valence-electron chi connectivity index (χ1n) is 6.86. The number of nitrogens with two attached hydrogens (primary N) is 1. The minimum absolute atomic E-state index is 0.271. The third kappa shape index (κ3) is 4.82. The molecule has 0 bridgehead atoms. The summed E-state index contributed by atoms with van der Waals surface area (Å²) in [7, 11) is 1.54. The van der Waals surface area contributed by atoms with Gasteiger partial charge in [-0.05, 0) is 41.5 Å². The Morgan fingerprint density at radius 2 is 1.96 bits per heavy atom. The van der Waals surface area contributed by atoms with E-state index in [9.17, 15) is 9.18 Å². The maximum Gasteiger partial charge on any atom is 0.257 e. The summed E-state index contributed by atoms with van der Waals surface area (Å²) in [4.78, 5) is 11.1. The van der Waals surface area contributed by atoms with Crippen LogP contribution in [0.4, 0.5) is 4.39 Å². The molecule has 0 saturated heterocycles. The molecule has 3 N–H and O–H groups in total. The SMILES string of the molecule is COc1ccc(/C=C/C(=O)NN)cc1OCc1ccc(F)cc1. The smallest absolute Gasteiger partial charge is 0.257 e. The fraction of sp³-hybridized carbons (Fsp3) is 0.118. The Kier molecular flexibility index (Phi) is 5.71. The predicted octanol–water partition coefficient (Wildman–Crippen LogP) is 2.42. The molecule has 0 radical (unpaired) electrons. The van der Waals surface area contributed by atoms with Crippen molar-refractivity contribution in [2.75, 3.05) is 7.11 Å². The van der Waals surface area contributed by atoms with Crippen molar-refractivity contribution in [1.82, 2.24) is 5.43 Å². The van der Waals surface area contributed by atoms with Gasteiger partial charge in [0.1, 0.15) is 12.4 Å². The van der Waals surface area contributed by atoms with E-state index in [1.807, 2.05) is 5.43 Å². The van der Waals surface area contributed by atoms with Gasteiger partial charge in [0, 0.05) is 6.08 Å².